The lowest BCUT2D eigenvalue weighted by atomic mass is 10.2. The maximum absolute atomic E-state index is 13.4. The number of para-hydroxylation sites is 1. The molecule has 0 saturated carbocycles. The molecule has 4 rings (SSSR count). The Labute approximate surface area is 189 Å². The lowest BCUT2D eigenvalue weighted by Crippen LogP contribution is -2.30. The van der Waals surface area contributed by atoms with Crippen molar-refractivity contribution in [2.45, 2.75) is 0 Å². The van der Waals surface area contributed by atoms with Gasteiger partial charge in [-0.05, 0) is 48.0 Å². The number of hydrogen-bond acceptors (Lipinski definition) is 4. The Morgan fingerprint density at radius 2 is 1.71 bits per heavy atom. The molecule has 0 bridgehead atoms. The molecule has 31 heavy (non-hydrogen) atoms. The van der Waals surface area contributed by atoms with E-state index in [0.29, 0.717) is 39.7 Å². The van der Waals surface area contributed by atoms with Crippen LogP contribution in [0.4, 0.5) is 10.1 Å². The molecule has 1 heterocycles. The van der Waals surface area contributed by atoms with E-state index in [4.69, 9.17) is 16.3 Å². The summed E-state index contributed by atoms with van der Waals surface area (Å²) in [6.45, 7) is 0.386. The number of benzene rings is 3. The van der Waals surface area contributed by atoms with Crippen LogP contribution in [0, 0.1) is 5.82 Å². The molecule has 1 aliphatic heterocycles. The van der Waals surface area contributed by atoms with E-state index in [1.165, 1.54) is 28.8 Å². The Hall–Kier alpha value is -3.09. The second-order valence-corrected chi connectivity index (χ2v) is 8.05. The smallest absolute Gasteiger partial charge is 0.283 e. The van der Waals surface area contributed by atoms with Crippen molar-refractivity contribution >= 4 is 46.2 Å². The van der Waals surface area contributed by atoms with Gasteiger partial charge in [0.15, 0.2) is 5.17 Å². The van der Waals surface area contributed by atoms with Crippen molar-refractivity contribution in [2.24, 2.45) is 4.99 Å². The largest absolute Gasteiger partial charge is 0.491 e. The highest BCUT2D eigenvalue weighted by atomic mass is 35.5. The van der Waals surface area contributed by atoms with Crippen molar-refractivity contribution in [3.63, 3.8) is 0 Å². The molecule has 0 spiro atoms. The number of ether oxygens (including phenoxy) is 1. The summed E-state index contributed by atoms with van der Waals surface area (Å²) in [6.07, 6.45) is 1.74. The Morgan fingerprint density at radius 1 is 1.00 bits per heavy atom. The molecule has 0 radical (unpaired) electrons. The lowest BCUT2D eigenvalue weighted by Gasteiger charge is -2.18. The monoisotopic (exact) mass is 452 g/mol. The molecular formula is C24H18ClFN2O2S. The standard InChI is InChI=1S/C24H18ClFN2O2S/c25-20-8-4-5-9-22(20)30-14-15-31-24-27-21(16-17-6-2-1-3-7-17)23(29)28(24)19-12-10-18(26)11-13-19/h1-13,16H,14-15H2. The molecular weight excluding hydrogens is 435 g/mol. The van der Waals surface area contributed by atoms with Crippen LogP contribution in [0.25, 0.3) is 6.08 Å². The van der Waals surface area contributed by atoms with E-state index in [-0.39, 0.29) is 11.7 Å². The van der Waals surface area contributed by atoms with Crippen molar-refractivity contribution in [3.05, 3.63) is 101 Å². The zero-order valence-corrected chi connectivity index (χ0v) is 17.9. The van der Waals surface area contributed by atoms with Crippen LogP contribution in [0.2, 0.25) is 5.02 Å². The maximum Gasteiger partial charge on any atom is 0.283 e. The second-order valence-electron chi connectivity index (χ2n) is 6.58. The summed E-state index contributed by atoms with van der Waals surface area (Å²) in [5.41, 5.74) is 1.76. The number of thioether (sulfide) groups is 1. The maximum atomic E-state index is 13.4. The third-order valence-electron chi connectivity index (χ3n) is 4.43. The Kier molecular flexibility index (Phi) is 6.70. The third-order valence-corrected chi connectivity index (χ3v) is 5.64. The number of anilines is 1. The fraction of sp³-hybridized carbons (Fsp3) is 0.0833. The minimum atomic E-state index is -0.366. The number of aliphatic imine (C=N–C) groups is 1. The average molecular weight is 453 g/mol. The summed E-state index contributed by atoms with van der Waals surface area (Å²) >= 11 is 7.50. The van der Waals surface area contributed by atoms with Gasteiger partial charge in [-0.15, -0.1) is 0 Å². The normalized spacial score (nSPS) is 14.8. The molecule has 0 unspecified atom stereocenters. The van der Waals surface area contributed by atoms with E-state index in [1.54, 1.807) is 30.3 Å². The van der Waals surface area contributed by atoms with Gasteiger partial charge in [-0.3, -0.25) is 9.69 Å². The minimum absolute atomic E-state index is 0.259. The van der Waals surface area contributed by atoms with Gasteiger partial charge in [0.05, 0.1) is 17.3 Å². The van der Waals surface area contributed by atoms with E-state index in [9.17, 15) is 9.18 Å². The quantitative estimate of drug-likeness (QED) is 0.338. The molecule has 0 aromatic heterocycles. The van der Waals surface area contributed by atoms with Gasteiger partial charge in [-0.25, -0.2) is 9.38 Å². The van der Waals surface area contributed by atoms with Gasteiger partial charge in [-0.2, -0.15) is 0 Å². The highest BCUT2D eigenvalue weighted by Gasteiger charge is 2.31. The highest BCUT2D eigenvalue weighted by Crippen LogP contribution is 2.30. The number of rotatable bonds is 6. The van der Waals surface area contributed by atoms with Crippen LogP contribution < -0.4 is 9.64 Å². The van der Waals surface area contributed by atoms with Crippen molar-refractivity contribution in [3.8, 4) is 5.75 Å². The molecule has 3 aromatic carbocycles. The van der Waals surface area contributed by atoms with Crippen molar-refractivity contribution < 1.29 is 13.9 Å². The zero-order valence-electron chi connectivity index (χ0n) is 16.4. The van der Waals surface area contributed by atoms with Gasteiger partial charge in [-0.1, -0.05) is 65.8 Å². The van der Waals surface area contributed by atoms with E-state index in [1.807, 2.05) is 42.5 Å². The Balaban J connectivity index is 1.52. The molecule has 7 heteroatoms. The van der Waals surface area contributed by atoms with Crippen LogP contribution in [0.5, 0.6) is 5.75 Å². The molecule has 4 nitrogen and oxygen atoms in total. The van der Waals surface area contributed by atoms with Gasteiger partial charge >= 0.3 is 0 Å². The number of amidine groups is 1. The molecule has 3 aromatic rings. The molecule has 0 fully saturated rings. The van der Waals surface area contributed by atoms with Crippen LogP contribution in [-0.2, 0) is 4.79 Å². The minimum Gasteiger partial charge on any atom is -0.491 e. The second kappa shape index (κ2) is 9.81. The first-order valence-electron chi connectivity index (χ1n) is 9.57. The fourth-order valence-corrected chi connectivity index (χ4v) is 3.98. The first-order chi connectivity index (χ1) is 15.1. The van der Waals surface area contributed by atoms with Gasteiger partial charge in [0.2, 0.25) is 0 Å². The number of nitrogens with zero attached hydrogens (tertiary/aromatic N) is 2. The molecule has 0 atom stereocenters. The van der Waals surface area contributed by atoms with E-state index in [0.717, 1.165) is 5.56 Å². The summed E-state index contributed by atoms with van der Waals surface area (Å²) in [5, 5.41) is 1.06. The van der Waals surface area contributed by atoms with Crippen LogP contribution in [0.15, 0.2) is 89.6 Å². The zero-order chi connectivity index (χ0) is 21.6. The van der Waals surface area contributed by atoms with Crippen molar-refractivity contribution in [1.82, 2.24) is 0 Å². The van der Waals surface area contributed by atoms with Crippen molar-refractivity contribution in [2.75, 3.05) is 17.3 Å². The first-order valence-corrected chi connectivity index (χ1v) is 10.9. The summed E-state index contributed by atoms with van der Waals surface area (Å²) < 4.78 is 19.1. The van der Waals surface area contributed by atoms with Gasteiger partial charge in [0.1, 0.15) is 17.3 Å². The fourth-order valence-electron chi connectivity index (χ4n) is 2.96. The number of hydrogen-bond donors (Lipinski definition) is 0. The molecule has 0 saturated heterocycles. The number of amides is 1. The van der Waals surface area contributed by atoms with Crippen molar-refractivity contribution in [1.29, 1.82) is 0 Å². The average Bonchev–Trinajstić information content (AvgIpc) is 3.09. The first kappa shape index (κ1) is 21.2. The molecule has 1 amide bonds. The molecule has 1 aliphatic rings. The lowest BCUT2D eigenvalue weighted by molar-refractivity contribution is -0.113. The van der Waals surface area contributed by atoms with Crippen LogP contribution in [-0.4, -0.2) is 23.4 Å². The topological polar surface area (TPSA) is 41.9 Å². The summed E-state index contributed by atoms with van der Waals surface area (Å²) in [5.74, 6) is 0.530. The predicted octanol–water partition coefficient (Wildman–Crippen LogP) is 6.04. The molecule has 0 aliphatic carbocycles. The Bertz CT molecular complexity index is 1130. The van der Waals surface area contributed by atoms with Crippen LogP contribution >= 0.6 is 23.4 Å². The summed E-state index contributed by atoms with van der Waals surface area (Å²) in [7, 11) is 0. The van der Waals surface area contributed by atoms with Crippen LogP contribution in [0.1, 0.15) is 5.56 Å². The van der Waals surface area contributed by atoms with Gasteiger partial charge in [0, 0.05) is 5.75 Å². The van der Waals surface area contributed by atoms with Gasteiger partial charge < -0.3 is 4.74 Å². The summed E-state index contributed by atoms with van der Waals surface area (Å²) in [6, 6.07) is 22.5. The van der Waals surface area contributed by atoms with E-state index >= 15 is 0 Å². The SMILES string of the molecule is O=C1C(=Cc2ccccc2)N=C(SCCOc2ccccc2Cl)N1c1ccc(F)cc1. The number of halogens is 2. The van der Waals surface area contributed by atoms with Gasteiger partial charge in [0.25, 0.3) is 5.91 Å². The highest BCUT2D eigenvalue weighted by molar-refractivity contribution is 8.14. The Morgan fingerprint density at radius 3 is 2.45 bits per heavy atom. The van der Waals surface area contributed by atoms with E-state index in [2.05, 4.69) is 4.99 Å². The van der Waals surface area contributed by atoms with Crippen LogP contribution in [0.3, 0.4) is 0 Å². The third kappa shape index (κ3) is 5.16. The molecule has 156 valence electrons. The number of carbonyl (C=O) groups excluding carboxylic acids is 1. The number of carbonyl (C=O) groups is 1. The predicted molar refractivity (Wildman–Crippen MR) is 125 cm³/mol. The molecule has 0 N–H and O–H groups in total. The summed E-state index contributed by atoms with van der Waals surface area (Å²) in [4.78, 5) is 19.1. The van der Waals surface area contributed by atoms with E-state index < -0.39 is 0 Å².